The van der Waals surface area contributed by atoms with Crippen molar-refractivity contribution in [2.75, 3.05) is 31.7 Å². The molecule has 0 aliphatic rings. The number of hydrogen-bond donors (Lipinski definition) is 1. The van der Waals surface area contributed by atoms with Crippen molar-refractivity contribution in [3.05, 3.63) is 23.9 Å². The first-order valence-electron chi connectivity index (χ1n) is 7.65. The first-order chi connectivity index (χ1) is 9.72. The molecule has 0 saturated carbocycles. The van der Waals surface area contributed by atoms with E-state index in [1.54, 1.807) is 7.11 Å². The molecule has 1 atom stereocenters. The van der Waals surface area contributed by atoms with Crippen LogP contribution in [0, 0.1) is 0 Å². The standard InChI is InChI=1S/C16H29N3O/c1-5-10-17-13-15-8-7-9-16(18-15)19(11-12-20-4)14(3)6-2/h7-9,14,17H,5-6,10-13H2,1-4H3. The van der Waals surface area contributed by atoms with Crippen molar-refractivity contribution in [1.29, 1.82) is 0 Å². The van der Waals surface area contributed by atoms with Crippen molar-refractivity contribution >= 4 is 5.82 Å². The fourth-order valence-electron chi connectivity index (χ4n) is 2.09. The number of nitrogens with zero attached hydrogens (tertiary/aromatic N) is 2. The summed E-state index contributed by atoms with van der Waals surface area (Å²) < 4.78 is 5.22. The average Bonchev–Trinajstić information content (AvgIpc) is 2.48. The van der Waals surface area contributed by atoms with Crippen molar-refractivity contribution in [3.8, 4) is 0 Å². The van der Waals surface area contributed by atoms with Crippen LogP contribution in [0.3, 0.4) is 0 Å². The van der Waals surface area contributed by atoms with Gasteiger partial charge in [0.15, 0.2) is 0 Å². The van der Waals surface area contributed by atoms with Crippen LogP contribution in [-0.2, 0) is 11.3 Å². The maximum absolute atomic E-state index is 5.22. The van der Waals surface area contributed by atoms with Crippen molar-refractivity contribution in [2.45, 2.75) is 46.2 Å². The number of anilines is 1. The predicted molar refractivity (Wildman–Crippen MR) is 85.2 cm³/mol. The van der Waals surface area contributed by atoms with Crippen LogP contribution in [0.2, 0.25) is 0 Å². The van der Waals surface area contributed by atoms with Gasteiger partial charge in [0.25, 0.3) is 0 Å². The van der Waals surface area contributed by atoms with Gasteiger partial charge in [-0.2, -0.15) is 0 Å². The SMILES string of the molecule is CCCNCc1cccc(N(CCOC)C(C)CC)n1. The Hall–Kier alpha value is -1.13. The number of pyridine rings is 1. The van der Waals surface area contributed by atoms with Crippen LogP contribution < -0.4 is 10.2 Å². The molecule has 0 aliphatic heterocycles. The monoisotopic (exact) mass is 279 g/mol. The van der Waals surface area contributed by atoms with E-state index in [1.165, 1.54) is 0 Å². The third-order valence-electron chi connectivity index (χ3n) is 3.48. The van der Waals surface area contributed by atoms with Crippen LogP contribution in [0.25, 0.3) is 0 Å². The Labute approximate surface area is 123 Å². The zero-order valence-corrected chi connectivity index (χ0v) is 13.4. The molecule has 0 bridgehead atoms. The lowest BCUT2D eigenvalue weighted by molar-refractivity contribution is 0.203. The smallest absolute Gasteiger partial charge is 0.129 e. The molecule has 4 heteroatoms. The molecule has 1 rings (SSSR count). The van der Waals surface area contributed by atoms with E-state index < -0.39 is 0 Å². The molecule has 0 fully saturated rings. The van der Waals surface area contributed by atoms with E-state index in [4.69, 9.17) is 9.72 Å². The third kappa shape index (κ3) is 5.47. The minimum Gasteiger partial charge on any atom is -0.383 e. The van der Waals surface area contributed by atoms with Gasteiger partial charge in [0.05, 0.1) is 12.3 Å². The summed E-state index contributed by atoms with van der Waals surface area (Å²) in [5, 5.41) is 3.40. The molecule has 114 valence electrons. The molecule has 0 amide bonds. The molecule has 20 heavy (non-hydrogen) atoms. The highest BCUT2D eigenvalue weighted by Gasteiger charge is 2.14. The average molecular weight is 279 g/mol. The Morgan fingerprint density at radius 3 is 2.80 bits per heavy atom. The van der Waals surface area contributed by atoms with Gasteiger partial charge in [-0.1, -0.05) is 19.9 Å². The molecule has 0 spiro atoms. The van der Waals surface area contributed by atoms with E-state index in [1.807, 2.05) is 0 Å². The number of aromatic nitrogens is 1. The lowest BCUT2D eigenvalue weighted by atomic mass is 10.2. The molecule has 0 radical (unpaired) electrons. The molecule has 1 N–H and O–H groups in total. The topological polar surface area (TPSA) is 37.4 Å². The highest BCUT2D eigenvalue weighted by atomic mass is 16.5. The summed E-state index contributed by atoms with van der Waals surface area (Å²) in [6, 6.07) is 6.73. The second-order valence-electron chi connectivity index (χ2n) is 5.11. The van der Waals surface area contributed by atoms with Gasteiger partial charge in [0, 0.05) is 26.2 Å². The normalized spacial score (nSPS) is 12.4. The molecule has 0 aliphatic carbocycles. The third-order valence-corrected chi connectivity index (χ3v) is 3.48. The molecule has 1 unspecified atom stereocenters. The Bertz CT molecular complexity index is 370. The van der Waals surface area contributed by atoms with Crippen molar-refractivity contribution in [2.24, 2.45) is 0 Å². The summed E-state index contributed by atoms with van der Waals surface area (Å²) in [5.74, 6) is 1.05. The van der Waals surface area contributed by atoms with E-state index in [-0.39, 0.29) is 0 Å². The highest BCUT2D eigenvalue weighted by Crippen LogP contribution is 2.16. The summed E-state index contributed by atoms with van der Waals surface area (Å²) in [5.41, 5.74) is 1.10. The quantitative estimate of drug-likeness (QED) is 0.668. The number of nitrogens with one attached hydrogen (secondary N) is 1. The van der Waals surface area contributed by atoms with Crippen LogP contribution in [0.5, 0.6) is 0 Å². The van der Waals surface area contributed by atoms with Crippen LogP contribution in [-0.4, -0.2) is 37.8 Å². The molecule has 1 aromatic rings. The minimum absolute atomic E-state index is 0.469. The van der Waals surface area contributed by atoms with Gasteiger partial charge >= 0.3 is 0 Å². The summed E-state index contributed by atoms with van der Waals surface area (Å²) in [7, 11) is 1.74. The number of hydrogen-bond acceptors (Lipinski definition) is 4. The zero-order valence-electron chi connectivity index (χ0n) is 13.4. The van der Waals surface area contributed by atoms with Crippen LogP contribution in [0.15, 0.2) is 18.2 Å². The highest BCUT2D eigenvalue weighted by molar-refractivity contribution is 5.40. The van der Waals surface area contributed by atoms with Gasteiger partial charge in [0.1, 0.15) is 5.82 Å². The van der Waals surface area contributed by atoms with Crippen LogP contribution in [0.4, 0.5) is 5.82 Å². The number of rotatable bonds is 10. The molecular formula is C16H29N3O. The lowest BCUT2D eigenvalue weighted by Gasteiger charge is -2.29. The second kappa shape index (κ2) is 9.72. The fourth-order valence-corrected chi connectivity index (χ4v) is 2.09. The maximum Gasteiger partial charge on any atom is 0.129 e. The van der Waals surface area contributed by atoms with Gasteiger partial charge in [-0.15, -0.1) is 0 Å². The largest absolute Gasteiger partial charge is 0.383 e. The van der Waals surface area contributed by atoms with E-state index in [0.29, 0.717) is 6.04 Å². The fraction of sp³-hybridized carbons (Fsp3) is 0.688. The van der Waals surface area contributed by atoms with Crippen LogP contribution >= 0.6 is 0 Å². The molecule has 1 aromatic heterocycles. The van der Waals surface area contributed by atoms with E-state index in [0.717, 1.165) is 50.6 Å². The molecule has 4 nitrogen and oxygen atoms in total. The Kier molecular flexibility index (Phi) is 8.23. The summed E-state index contributed by atoms with van der Waals surface area (Å²) in [6.45, 7) is 10.1. The van der Waals surface area contributed by atoms with E-state index in [9.17, 15) is 0 Å². The van der Waals surface area contributed by atoms with Gasteiger partial charge in [0.2, 0.25) is 0 Å². The summed E-state index contributed by atoms with van der Waals surface area (Å²) in [6.07, 6.45) is 2.25. The van der Waals surface area contributed by atoms with Crippen molar-refractivity contribution in [1.82, 2.24) is 10.3 Å². The predicted octanol–water partition coefficient (Wildman–Crippen LogP) is 2.83. The summed E-state index contributed by atoms with van der Waals surface area (Å²) in [4.78, 5) is 7.10. The van der Waals surface area contributed by atoms with Gasteiger partial charge in [-0.3, -0.25) is 0 Å². The van der Waals surface area contributed by atoms with Gasteiger partial charge < -0.3 is 15.0 Å². The van der Waals surface area contributed by atoms with Crippen molar-refractivity contribution in [3.63, 3.8) is 0 Å². The van der Waals surface area contributed by atoms with Crippen molar-refractivity contribution < 1.29 is 4.74 Å². The number of methoxy groups -OCH3 is 1. The molecule has 0 aromatic carbocycles. The molecular weight excluding hydrogens is 250 g/mol. The molecule has 0 saturated heterocycles. The molecule has 1 heterocycles. The second-order valence-corrected chi connectivity index (χ2v) is 5.11. The van der Waals surface area contributed by atoms with Crippen LogP contribution in [0.1, 0.15) is 39.3 Å². The Balaban J connectivity index is 2.76. The lowest BCUT2D eigenvalue weighted by Crippen LogP contribution is -2.36. The van der Waals surface area contributed by atoms with E-state index >= 15 is 0 Å². The van der Waals surface area contributed by atoms with E-state index in [2.05, 4.69) is 49.2 Å². The first-order valence-corrected chi connectivity index (χ1v) is 7.65. The zero-order chi connectivity index (χ0) is 14.8. The first kappa shape index (κ1) is 16.9. The Morgan fingerprint density at radius 2 is 2.15 bits per heavy atom. The summed E-state index contributed by atoms with van der Waals surface area (Å²) >= 11 is 0. The maximum atomic E-state index is 5.22. The minimum atomic E-state index is 0.469. The van der Waals surface area contributed by atoms with Gasteiger partial charge in [-0.25, -0.2) is 4.98 Å². The van der Waals surface area contributed by atoms with Gasteiger partial charge in [-0.05, 0) is 38.4 Å². The number of ether oxygens (including phenoxy) is 1. The Morgan fingerprint density at radius 1 is 1.35 bits per heavy atom.